The molecule has 0 aromatic carbocycles. The molecule has 1 heterocycles. The smallest absolute Gasteiger partial charge is 0.389 e. The molecule has 0 aliphatic carbocycles. The Labute approximate surface area is 90.2 Å². The van der Waals surface area contributed by atoms with Crippen molar-refractivity contribution in [2.24, 2.45) is 0 Å². The van der Waals surface area contributed by atoms with Crippen molar-refractivity contribution in [2.75, 3.05) is 6.61 Å². The van der Waals surface area contributed by atoms with Gasteiger partial charge >= 0.3 is 6.18 Å². The maximum atomic E-state index is 11.8. The maximum absolute atomic E-state index is 11.8. The van der Waals surface area contributed by atoms with Crippen molar-refractivity contribution in [1.29, 1.82) is 0 Å². The van der Waals surface area contributed by atoms with Gasteiger partial charge in [-0.25, -0.2) is 4.98 Å². The third kappa shape index (κ3) is 4.77. The summed E-state index contributed by atoms with van der Waals surface area (Å²) in [5, 5.41) is 0. The first-order chi connectivity index (χ1) is 7.51. The third-order valence-corrected chi connectivity index (χ3v) is 1.75. The number of hydrogen-bond donors (Lipinski definition) is 0. The van der Waals surface area contributed by atoms with Crippen LogP contribution in [0.5, 0.6) is 5.75 Å². The Morgan fingerprint density at radius 3 is 2.62 bits per heavy atom. The van der Waals surface area contributed by atoms with Crippen molar-refractivity contribution in [3.63, 3.8) is 0 Å². The molecular weight excluding hydrogens is 223 g/mol. The fourth-order valence-electron chi connectivity index (χ4n) is 1.01. The summed E-state index contributed by atoms with van der Waals surface area (Å²) in [6.45, 7) is -0.0262. The number of alkyl halides is 3. The van der Waals surface area contributed by atoms with E-state index in [-0.39, 0.29) is 18.7 Å². The van der Waals surface area contributed by atoms with Crippen LogP contribution in [0.2, 0.25) is 0 Å². The second-order valence-electron chi connectivity index (χ2n) is 3.10. The summed E-state index contributed by atoms with van der Waals surface area (Å²) in [5.74, 6) is 0.354. The highest BCUT2D eigenvalue weighted by molar-refractivity contribution is 5.71. The second kappa shape index (κ2) is 5.48. The Hall–Kier alpha value is -1.59. The molecule has 0 unspecified atom stereocenters. The summed E-state index contributed by atoms with van der Waals surface area (Å²) in [5.41, 5.74) is 0.252. The zero-order valence-corrected chi connectivity index (χ0v) is 8.33. The van der Waals surface area contributed by atoms with Crippen LogP contribution in [0, 0.1) is 0 Å². The van der Waals surface area contributed by atoms with Crippen LogP contribution in [-0.4, -0.2) is 24.1 Å². The minimum absolute atomic E-state index is 0.0262. The van der Waals surface area contributed by atoms with Crippen LogP contribution in [0.25, 0.3) is 0 Å². The molecule has 16 heavy (non-hydrogen) atoms. The molecule has 0 amide bonds. The highest BCUT2D eigenvalue weighted by Crippen LogP contribution is 2.21. The van der Waals surface area contributed by atoms with E-state index in [4.69, 9.17) is 4.74 Å². The van der Waals surface area contributed by atoms with Crippen LogP contribution in [0.1, 0.15) is 23.3 Å². The molecule has 1 aromatic heterocycles. The van der Waals surface area contributed by atoms with E-state index in [1.807, 2.05) is 0 Å². The van der Waals surface area contributed by atoms with Gasteiger partial charge in [0.2, 0.25) is 0 Å². The van der Waals surface area contributed by atoms with Crippen LogP contribution in [0.3, 0.4) is 0 Å². The summed E-state index contributed by atoms with van der Waals surface area (Å²) in [7, 11) is 0. The van der Waals surface area contributed by atoms with Crippen molar-refractivity contribution >= 4 is 6.29 Å². The van der Waals surface area contributed by atoms with E-state index in [1.165, 1.54) is 18.3 Å². The molecule has 0 atom stereocenters. The summed E-state index contributed by atoms with van der Waals surface area (Å²) in [4.78, 5) is 14.0. The lowest BCUT2D eigenvalue weighted by atomic mass is 10.3. The largest absolute Gasteiger partial charge is 0.492 e. The highest BCUT2D eigenvalue weighted by atomic mass is 19.4. The summed E-state index contributed by atoms with van der Waals surface area (Å²) in [6.07, 6.45) is -3.24. The van der Waals surface area contributed by atoms with Gasteiger partial charge < -0.3 is 4.74 Å². The zero-order valence-electron chi connectivity index (χ0n) is 8.33. The lowest BCUT2D eigenvalue weighted by Gasteiger charge is -2.07. The van der Waals surface area contributed by atoms with Crippen LogP contribution < -0.4 is 4.74 Å². The average molecular weight is 233 g/mol. The minimum atomic E-state index is -4.15. The Morgan fingerprint density at radius 1 is 1.38 bits per heavy atom. The Bertz CT molecular complexity index is 335. The number of hydrogen-bond acceptors (Lipinski definition) is 3. The molecule has 88 valence electrons. The van der Waals surface area contributed by atoms with Crippen LogP contribution in [0.4, 0.5) is 13.2 Å². The van der Waals surface area contributed by atoms with Crippen molar-refractivity contribution < 1.29 is 22.7 Å². The minimum Gasteiger partial charge on any atom is -0.492 e. The van der Waals surface area contributed by atoms with Gasteiger partial charge in [-0.15, -0.1) is 0 Å². The fourth-order valence-corrected chi connectivity index (χ4v) is 1.01. The number of ether oxygens (including phenoxy) is 1. The van der Waals surface area contributed by atoms with Gasteiger partial charge in [-0.05, 0) is 18.6 Å². The molecule has 0 saturated heterocycles. The van der Waals surface area contributed by atoms with Gasteiger partial charge in [-0.2, -0.15) is 13.2 Å². The van der Waals surface area contributed by atoms with Gasteiger partial charge in [-0.3, -0.25) is 4.79 Å². The number of nitrogens with zero attached hydrogens (tertiary/aromatic N) is 1. The molecule has 0 radical (unpaired) electrons. The lowest BCUT2D eigenvalue weighted by molar-refractivity contribution is -0.136. The van der Waals surface area contributed by atoms with Crippen molar-refractivity contribution in [3.8, 4) is 5.75 Å². The molecule has 0 aliphatic rings. The van der Waals surface area contributed by atoms with E-state index < -0.39 is 12.6 Å². The van der Waals surface area contributed by atoms with Crippen molar-refractivity contribution in [3.05, 3.63) is 24.0 Å². The number of halogens is 3. The van der Waals surface area contributed by atoms with Crippen molar-refractivity contribution in [1.82, 2.24) is 4.98 Å². The van der Waals surface area contributed by atoms with Crippen molar-refractivity contribution in [2.45, 2.75) is 19.0 Å². The Balaban J connectivity index is 2.29. The Kier molecular flexibility index (Phi) is 4.28. The molecule has 6 heteroatoms. The maximum Gasteiger partial charge on any atom is 0.389 e. The van der Waals surface area contributed by atoms with E-state index in [1.54, 1.807) is 0 Å². The molecule has 3 nitrogen and oxygen atoms in total. The number of carbonyl (C=O) groups is 1. The summed E-state index contributed by atoms with van der Waals surface area (Å²) < 4.78 is 40.3. The number of carbonyl (C=O) groups excluding carboxylic acids is 1. The molecule has 0 saturated carbocycles. The molecule has 0 N–H and O–H groups in total. The van der Waals surface area contributed by atoms with Crippen LogP contribution >= 0.6 is 0 Å². The normalized spacial score (nSPS) is 11.2. The SMILES string of the molecule is O=Cc1ccc(OCCCC(F)(F)F)cn1. The third-order valence-electron chi connectivity index (χ3n) is 1.75. The standard InChI is InChI=1S/C10H10F3NO2/c11-10(12,13)4-1-5-16-9-3-2-8(7-15)14-6-9/h2-3,6-7H,1,4-5H2. The lowest BCUT2D eigenvalue weighted by Crippen LogP contribution is -2.09. The zero-order chi connectivity index (χ0) is 12.0. The first-order valence-electron chi connectivity index (χ1n) is 4.62. The van der Waals surface area contributed by atoms with E-state index >= 15 is 0 Å². The van der Waals surface area contributed by atoms with Gasteiger partial charge in [0.15, 0.2) is 6.29 Å². The number of aromatic nitrogens is 1. The summed E-state index contributed by atoms with van der Waals surface area (Å²) in [6, 6.07) is 2.93. The van der Waals surface area contributed by atoms with Gasteiger partial charge in [0.1, 0.15) is 11.4 Å². The van der Waals surface area contributed by atoms with Crippen LogP contribution in [-0.2, 0) is 0 Å². The van der Waals surface area contributed by atoms with E-state index in [0.29, 0.717) is 12.0 Å². The summed E-state index contributed by atoms with van der Waals surface area (Å²) >= 11 is 0. The molecule has 0 fully saturated rings. The van der Waals surface area contributed by atoms with E-state index in [0.717, 1.165) is 0 Å². The quantitative estimate of drug-likeness (QED) is 0.579. The van der Waals surface area contributed by atoms with Gasteiger partial charge in [0.25, 0.3) is 0 Å². The number of rotatable bonds is 5. The van der Waals surface area contributed by atoms with Gasteiger partial charge in [-0.1, -0.05) is 0 Å². The first-order valence-corrected chi connectivity index (χ1v) is 4.62. The second-order valence-corrected chi connectivity index (χ2v) is 3.10. The number of pyridine rings is 1. The van der Waals surface area contributed by atoms with E-state index in [9.17, 15) is 18.0 Å². The average Bonchev–Trinajstić information content (AvgIpc) is 2.24. The Morgan fingerprint density at radius 2 is 2.12 bits per heavy atom. The molecule has 0 spiro atoms. The van der Waals surface area contributed by atoms with Gasteiger partial charge in [0, 0.05) is 6.42 Å². The molecule has 0 bridgehead atoms. The predicted molar refractivity (Wildman–Crippen MR) is 50.4 cm³/mol. The van der Waals surface area contributed by atoms with Gasteiger partial charge in [0.05, 0.1) is 12.8 Å². The molecule has 1 rings (SSSR count). The monoisotopic (exact) mass is 233 g/mol. The predicted octanol–water partition coefficient (Wildman–Crippen LogP) is 2.62. The van der Waals surface area contributed by atoms with Crippen LogP contribution in [0.15, 0.2) is 18.3 Å². The topological polar surface area (TPSA) is 39.2 Å². The molecular formula is C10H10F3NO2. The molecule has 1 aromatic rings. The highest BCUT2D eigenvalue weighted by Gasteiger charge is 2.26. The molecule has 0 aliphatic heterocycles. The number of aldehydes is 1. The first kappa shape index (κ1) is 12.5. The van der Waals surface area contributed by atoms with E-state index in [2.05, 4.69) is 4.98 Å². The fraction of sp³-hybridized carbons (Fsp3) is 0.400.